The summed E-state index contributed by atoms with van der Waals surface area (Å²) < 4.78 is 23.5. The van der Waals surface area contributed by atoms with Gasteiger partial charge in [0.2, 0.25) is 0 Å². The molecule has 0 aliphatic heterocycles. The van der Waals surface area contributed by atoms with Crippen molar-refractivity contribution in [1.82, 2.24) is 0 Å². The van der Waals surface area contributed by atoms with Gasteiger partial charge in [0.15, 0.2) is 9.84 Å². The number of hydrogen-bond donors (Lipinski definition) is 2. The lowest BCUT2D eigenvalue weighted by molar-refractivity contribution is 0.173. The SMILES string of the molecule is CCS(=O)(=O)c1ccc(NC2(CO)CCCCC2)cc1. The standard InChI is InChI=1S/C15H23NO3S/c1-2-20(18,19)14-8-6-13(7-9-14)16-15(12-17)10-4-3-5-11-15/h6-9,16-17H,2-5,10-12H2,1H3. The molecule has 2 N–H and O–H groups in total. The summed E-state index contributed by atoms with van der Waals surface area (Å²) in [5.74, 6) is 0.111. The molecule has 5 heteroatoms. The van der Waals surface area contributed by atoms with E-state index in [1.54, 1.807) is 31.2 Å². The van der Waals surface area contributed by atoms with E-state index >= 15 is 0 Å². The first-order chi connectivity index (χ1) is 9.51. The Kier molecular flexibility index (Phi) is 4.70. The maximum Gasteiger partial charge on any atom is 0.178 e. The molecule has 1 aliphatic rings. The van der Waals surface area contributed by atoms with E-state index in [4.69, 9.17) is 0 Å². The molecular weight excluding hydrogens is 274 g/mol. The van der Waals surface area contributed by atoms with Gasteiger partial charge in [0.05, 0.1) is 22.8 Å². The minimum absolute atomic E-state index is 0.111. The van der Waals surface area contributed by atoms with Crippen LogP contribution in [0.2, 0.25) is 0 Å². The average molecular weight is 297 g/mol. The highest BCUT2D eigenvalue weighted by Crippen LogP contribution is 2.31. The van der Waals surface area contributed by atoms with Gasteiger partial charge < -0.3 is 10.4 Å². The van der Waals surface area contributed by atoms with Crippen LogP contribution in [0, 0.1) is 0 Å². The van der Waals surface area contributed by atoms with Crippen molar-refractivity contribution < 1.29 is 13.5 Å². The monoisotopic (exact) mass is 297 g/mol. The number of aliphatic hydroxyl groups is 1. The molecule has 1 aromatic rings. The zero-order chi connectivity index (χ0) is 14.6. The Morgan fingerprint density at radius 2 is 1.75 bits per heavy atom. The molecule has 1 fully saturated rings. The number of benzene rings is 1. The lowest BCUT2D eigenvalue weighted by Gasteiger charge is -2.37. The van der Waals surface area contributed by atoms with E-state index in [1.807, 2.05) is 0 Å². The number of anilines is 1. The van der Waals surface area contributed by atoms with Gasteiger partial charge in [-0.3, -0.25) is 0 Å². The van der Waals surface area contributed by atoms with Crippen molar-refractivity contribution in [2.45, 2.75) is 49.5 Å². The van der Waals surface area contributed by atoms with E-state index in [2.05, 4.69) is 5.32 Å². The van der Waals surface area contributed by atoms with Crippen LogP contribution >= 0.6 is 0 Å². The third-order valence-corrected chi connectivity index (χ3v) is 5.87. The van der Waals surface area contributed by atoms with Crippen LogP contribution in [0.5, 0.6) is 0 Å². The van der Waals surface area contributed by atoms with E-state index in [0.29, 0.717) is 4.90 Å². The third-order valence-electron chi connectivity index (χ3n) is 4.12. The Balaban J connectivity index is 2.14. The van der Waals surface area contributed by atoms with Crippen LogP contribution in [0.1, 0.15) is 39.0 Å². The van der Waals surface area contributed by atoms with E-state index in [0.717, 1.165) is 31.4 Å². The lowest BCUT2D eigenvalue weighted by atomic mass is 9.82. The molecule has 1 aliphatic carbocycles. The van der Waals surface area contributed by atoms with Gasteiger partial charge in [0.1, 0.15) is 0 Å². The largest absolute Gasteiger partial charge is 0.394 e. The number of hydrogen-bond acceptors (Lipinski definition) is 4. The fourth-order valence-electron chi connectivity index (χ4n) is 2.77. The smallest absolute Gasteiger partial charge is 0.178 e. The summed E-state index contributed by atoms with van der Waals surface area (Å²) in [5.41, 5.74) is 0.625. The van der Waals surface area contributed by atoms with E-state index in [-0.39, 0.29) is 17.9 Å². The topological polar surface area (TPSA) is 66.4 Å². The molecule has 2 rings (SSSR count). The average Bonchev–Trinajstić information content (AvgIpc) is 2.49. The highest BCUT2D eigenvalue weighted by atomic mass is 32.2. The van der Waals surface area contributed by atoms with Gasteiger partial charge >= 0.3 is 0 Å². The molecule has 0 radical (unpaired) electrons. The molecular formula is C15H23NO3S. The fourth-order valence-corrected chi connectivity index (χ4v) is 3.65. The normalized spacial score (nSPS) is 18.7. The van der Waals surface area contributed by atoms with Gasteiger partial charge in [0, 0.05) is 5.69 Å². The molecule has 112 valence electrons. The summed E-state index contributed by atoms with van der Waals surface area (Å²) >= 11 is 0. The summed E-state index contributed by atoms with van der Waals surface area (Å²) in [7, 11) is -3.15. The second-order valence-corrected chi connectivity index (χ2v) is 7.83. The molecule has 0 atom stereocenters. The van der Waals surface area contributed by atoms with E-state index < -0.39 is 9.84 Å². The van der Waals surface area contributed by atoms with Gasteiger partial charge in [-0.15, -0.1) is 0 Å². The predicted octanol–water partition coefficient (Wildman–Crippen LogP) is 2.59. The Morgan fingerprint density at radius 1 is 1.15 bits per heavy atom. The van der Waals surface area contributed by atoms with Gasteiger partial charge in [-0.2, -0.15) is 0 Å². The third kappa shape index (κ3) is 3.33. The zero-order valence-electron chi connectivity index (χ0n) is 11.9. The lowest BCUT2D eigenvalue weighted by Crippen LogP contribution is -2.43. The number of rotatable bonds is 5. The number of sulfone groups is 1. The minimum atomic E-state index is -3.15. The zero-order valence-corrected chi connectivity index (χ0v) is 12.7. The quantitative estimate of drug-likeness (QED) is 0.876. The molecule has 0 spiro atoms. The van der Waals surface area contributed by atoms with Crippen LogP contribution in [0.3, 0.4) is 0 Å². The van der Waals surface area contributed by atoms with Crippen LogP contribution < -0.4 is 5.32 Å². The van der Waals surface area contributed by atoms with Gasteiger partial charge in [-0.05, 0) is 37.1 Å². The molecule has 20 heavy (non-hydrogen) atoms. The van der Waals surface area contributed by atoms with Crippen molar-refractivity contribution in [3.63, 3.8) is 0 Å². The summed E-state index contributed by atoms with van der Waals surface area (Å²) in [6.07, 6.45) is 5.37. The first-order valence-electron chi connectivity index (χ1n) is 7.23. The highest BCUT2D eigenvalue weighted by molar-refractivity contribution is 7.91. The van der Waals surface area contributed by atoms with Gasteiger partial charge in [-0.25, -0.2) is 8.42 Å². The second kappa shape index (κ2) is 6.14. The molecule has 0 heterocycles. The predicted molar refractivity (Wildman–Crippen MR) is 80.7 cm³/mol. The molecule has 0 bridgehead atoms. The number of nitrogens with one attached hydrogen (secondary N) is 1. The molecule has 0 amide bonds. The Bertz CT molecular complexity index is 531. The summed E-state index contributed by atoms with van der Waals surface area (Å²) in [5, 5.41) is 13.1. The minimum Gasteiger partial charge on any atom is -0.394 e. The van der Waals surface area contributed by atoms with Crippen molar-refractivity contribution in [3.8, 4) is 0 Å². The first-order valence-corrected chi connectivity index (χ1v) is 8.88. The second-order valence-electron chi connectivity index (χ2n) is 5.55. The summed E-state index contributed by atoms with van der Waals surface area (Å²) in [6.45, 7) is 1.76. The first kappa shape index (κ1) is 15.3. The van der Waals surface area contributed by atoms with Crippen molar-refractivity contribution in [2.75, 3.05) is 17.7 Å². The molecule has 1 aromatic carbocycles. The van der Waals surface area contributed by atoms with Gasteiger partial charge in [0.25, 0.3) is 0 Å². The van der Waals surface area contributed by atoms with Crippen LogP contribution in [-0.2, 0) is 9.84 Å². The maximum atomic E-state index is 11.8. The molecule has 1 saturated carbocycles. The molecule has 0 aromatic heterocycles. The Morgan fingerprint density at radius 3 is 2.25 bits per heavy atom. The van der Waals surface area contributed by atoms with Crippen molar-refractivity contribution in [2.24, 2.45) is 0 Å². The fraction of sp³-hybridized carbons (Fsp3) is 0.600. The molecule has 4 nitrogen and oxygen atoms in total. The van der Waals surface area contributed by atoms with E-state index in [1.165, 1.54) is 6.42 Å². The Labute approximate surface area is 121 Å². The van der Waals surface area contributed by atoms with Crippen LogP contribution in [-0.4, -0.2) is 31.4 Å². The molecule has 0 unspecified atom stereocenters. The maximum absolute atomic E-state index is 11.8. The summed E-state index contributed by atoms with van der Waals surface area (Å²) in [4.78, 5) is 0.354. The van der Waals surface area contributed by atoms with Crippen molar-refractivity contribution >= 4 is 15.5 Å². The van der Waals surface area contributed by atoms with Crippen molar-refractivity contribution in [3.05, 3.63) is 24.3 Å². The Hall–Kier alpha value is -1.07. The van der Waals surface area contributed by atoms with Crippen LogP contribution in [0.15, 0.2) is 29.2 Å². The van der Waals surface area contributed by atoms with Crippen molar-refractivity contribution in [1.29, 1.82) is 0 Å². The van der Waals surface area contributed by atoms with E-state index in [9.17, 15) is 13.5 Å². The number of aliphatic hydroxyl groups excluding tert-OH is 1. The van der Waals surface area contributed by atoms with Crippen LogP contribution in [0.25, 0.3) is 0 Å². The van der Waals surface area contributed by atoms with Crippen LogP contribution in [0.4, 0.5) is 5.69 Å². The van der Waals surface area contributed by atoms with Gasteiger partial charge in [-0.1, -0.05) is 26.2 Å². The highest BCUT2D eigenvalue weighted by Gasteiger charge is 2.31. The molecule has 0 saturated heterocycles. The summed E-state index contributed by atoms with van der Waals surface area (Å²) in [6, 6.07) is 6.84.